The molecule has 29 heavy (non-hydrogen) atoms. The molecule has 4 rings (SSSR count). The van der Waals surface area contributed by atoms with Crippen molar-refractivity contribution in [2.24, 2.45) is 0 Å². The lowest BCUT2D eigenvalue weighted by atomic mass is 9.98. The van der Waals surface area contributed by atoms with Gasteiger partial charge in [-0.3, -0.25) is 4.79 Å². The van der Waals surface area contributed by atoms with Crippen LogP contribution < -0.4 is 11.1 Å². The van der Waals surface area contributed by atoms with Crippen molar-refractivity contribution in [3.05, 3.63) is 82.0 Å². The van der Waals surface area contributed by atoms with E-state index in [1.54, 1.807) is 36.5 Å². The highest BCUT2D eigenvalue weighted by molar-refractivity contribution is 6.32. The van der Waals surface area contributed by atoms with E-state index in [1.807, 2.05) is 31.2 Å². The van der Waals surface area contributed by atoms with Crippen LogP contribution in [0.15, 0.2) is 60.8 Å². The summed E-state index contributed by atoms with van der Waals surface area (Å²) >= 11 is 12.4. The molecule has 3 aromatic carbocycles. The molecule has 7 heteroatoms. The minimum atomic E-state index is -0.263. The third-order valence-electron chi connectivity index (χ3n) is 4.60. The first-order chi connectivity index (χ1) is 13.9. The number of fused-ring (bicyclic) bond motifs is 1. The third-order valence-corrected chi connectivity index (χ3v) is 5.23. The summed E-state index contributed by atoms with van der Waals surface area (Å²) < 4.78 is 0. The van der Waals surface area contributed by atoms with Crippen molar-refractivity contribution < 1.29 is 4.79 Å². The van der Waals surface area contributed by atoms with Crippen LogP contribution in [0, 0.1) is 6.92 Å². The number of anilines is 2. The fourth-order valence-electron chi connectivity index (χ4n) is 3.10. The lowest BCUT2D eigenvalue weighted by Crippen LogP contribution is -2.12. The molecular weight excluding hydrogens is 407 g/mol. The lowest BCUT2D eigenvalue weighted by Gasteiger charge is -2.13. The van der Waals surface area contributed by atoms with Crippen molar-refractivity contribution in [1.29, 1.82) is 0 Å². The number of aromatic nitrogens is 2. The van der Waals surface area contributed by atoms with Crippen molar-refractivity contribution in [2.75, 3.05) is 11.1 Å². The van der Waals surface area contributed by atoms with Gasteiger partial charge in [-0.2, -0.15) is 0 Å². The van der Waals surface area contributed by atoms with Gasteiger partial charge in [-0.25, -0.2) is 9.97 Å². The highest BCUT2D eigenvalue weighted by atomic mass is 35.5. The number of nitrogens with zero attached hydrogens (tertiary/aromatic N) is 2. The smallest absolute Gasteiger partial charge is 0.255 e. The van der Waals surface area contributed by atoms with Crippen LogP contribution in [-0.4, -0.2) is 15.9 Å². The average Bonchev–Trinajstić information content (AvgIpc) is 2.70. The number of amides is 1. The van der Waals surface area contributed by atoms with Crippen LogP contribution in [0.3, 0.4) is 0 Å². The fraction of sp³-hybridized carbons (Fsp3) is 0.0455. The van der Waals surface area contributed by atoms with Crippen LogP contribution >= 0.6 is 23.2 Å². The Labute approximate surface area is 177 Å². The molecule has 0 atom stereocenters. The highest BCUT2D eigenvalue weighted by Gasteiger charge is 2.12. The molecular formula is C22H16Cl2N4O. The van der Waals surface area contributed by atoms with Crippen LogP contribution in [0.1, 0.15) is 15.9 Å². The van der Waals surface area contributed by atoms with Gasteiger partial charge in [-0.05, 0) is 66.1 Å². The maximum atomic E-state index is 12.6. The number of carbonyl (C=O) groups is 1. The van der Waals surface area contributed by atoms with E-state index in [0.717, 1.165) is 27.6 Å². The number of nitrogen functional groups attached to an aromatic ring is 1. The zero-order chi connectivity index (χ0) is 20.5. The third kappa shape index (κ3) is 4.01. The molecule has 1 amide bonds. The number of rotatable bonds is 3. The van der Waals surface area contributed by atoms with Gasteiger partial charge >= 0.3 is 0 Å². The molecule has 0 aliphatic carbocycles. The van der Waals surface area contributed by atoms with Gasteiger partial charge in [0, 0.05) is 32.9 Å². The lowest BCUT2D eigenvalue weighted by molar-refractivity contribution is 0.102. The summed E-state index contributed by atoms with van der Waals surface area (Å²) in [6.07, 6.45) is 1.68. The van der Waals surface area contributed by atoms with Gasteiger partial charge in [0.1, 0.15) is 0 Å². The Balaban J connectivity index is 1.72. The number of benzene rings is 3. The van der Waals surface area contributed by atoms with E-state index >= 15 is 0 Å². The summed E-state index contributed by atoms with van der Waals surface area (Å²) in [4.78, 5) is 20.8. The van der Waals surface area contributed by atoms with Crippen LogP contribution in [-0.2, 0) is 0 Å². The molecule has 0 aliphatic rings. The number of carbonyl (C=O) groups excluding carboxylic acids is 1. The van der Waals surface area contributed by atoms with Crippen molar-refractivity contribution in [2.45, 2.75) is 6.92 Å². The summed E-state index contributed by atoms with van der Waals surface area (Å²) in [6.45, 7) is 1.93. The number of hydrogen-bond donors (Lipinski definition) is 2. The Morgan fingerprint density at radius 1 is 1.07 bits per heavy atom. The Morgan fingerprint density at radius 3 is 2.69 bits per heavy atom. The van der Waals surface area contributed by atoms with E-state index in [9.17, 15) is 4.79 Å². The summed E-state index contributed by atoms with van der Waals surface area (Å²) in [5.41, 5.74) is 10.2. The van der Waals surface area contributed by atoms with Gasteiger partial charge in [0.05, 0.1) is 5.52 Å². The molecule has 1 aromatic heterocycles. The molecule has 0 aliphatic heterocycles. The van der Waals surface area contributed by atoms with Crippen molar-refractivity contribution in [1.82, 2.24) is 9.97 Å². The molecule has 0 saturated heterocycles. The SMILES string of the molecule is Cc1c(Cl)cc(NC(=O)c2cccc(Cl)c2)cc1-c1ccc2nc(N)ncc2c1. The predicted molar refractivity (Wildman–Crippen MR) is 119 cm³/mol. The Kier molecular flexibility index (Phi) is 5.09. The van der Waals surface area contributed by atoms with Crippen molar-refractivity contribution in [3.8, 4) is 11.1 Å². The van der Waals surface area contributed by atoms with Gasteiger partial charge in [-0.15, -0.1) is 0 Å². The number of halogens is 2. The van der Waals surface area contributed by atoms with Crippen molar-refractivity contribution >= 4 is 51.6 Å². The van der Waals surface area contributed by atoms with Crippen LogP contribution in [0.5, 0.6) is 0 Å². The quantitative estimate of drug-likeness (QED) is 0.440. The first kappa shape index (κ1) is 19.2. The predicted octanol–water partition coefficient (Wildman–Crippen LogP) is 5.75. The monoisotopic (exact) mass is 422 g/mol. The molecule has 144 valence electrons. The van der Waals surface area contributed by atoms with Crippen LogP contribution in [0.4, 0.5) is 11.6 Å². The molecule has 5 nitrogen and oxygen atoms in total. The number of nitrogens with two attached hydrogens (primary N) is 1. The second-order valence-corrected chi connectivity index (χ2v) is 7.44. The topological polar surface area (TPSA) is 80.9 Å². The first-order valence-electron chi connectivity index (χ1n) is 8.80. The maximum Gasteiger partial charge on any atom is 0.255 e. The van der Waals surface area contributed by atoms with E-state index in [0.29, 0.717) is 21.3 Å². The zero-order valence-electron chi connectivity index (χ0n) is 15.4. The standard InChI is InChI=1S/C22H16Cl2N4O/c1-12-18(13-5-6-20-15(7-13)11-26-22(25)28-20)9-17(10-19(12)24)27-21(29)14-3-2-4-16(23)8-14/h2-11H,1H3,(H,27,29)(H2,25,26,28). The molecule has 0 spiro atoms. The van der Waals surface area contributed by atoms with E-state index in [2.05, 4.69) is 15.3 Å². The van der Waals surface area contributed by atoms with E-state index in [1.165, 1.54) is 0 Å². The van der Waals surface area contributed by atoms with Crippen LogP contribution in [0.25, 0.3) is 22.0 Å². The van der Waals surface area contributed by atoms with Gasteiger partial charge in [0.2, 0.25) is 5.95 Å². The molecule has 0 radical (unpaired) electrons. The normalized spacial score (nSPS) is 10.9. The Bertz CT molecular complexity index is 1260. The maximum absolute atomic E-state index is 12.6. The summed E-state index contributed by atoms with van der Waals surface area (Å²) in [5.74, 6) is -0.0315. The number of nitrogens with one attached hydrogen (secondary N) is 1. The summed E-state index contributed by atoms with van der Waals surface area (Å²) in [7, 11) is 0. The Hall–Kier alpha value is -3.15. The molecule has 0 unspecified atom stereocenters. The first-order valence-corrected chi connectivity index (χ1v) is 9.56. The average molecular weight is 423 g/mol. The molecule has 0 bridgehead atoms. The molecule has 0 saturated carbocycles. The minimum absolute atomic E-state index is 0.232. The molecule has 3 N–H and O–H groups in total. The zero-order valence-corrected chi connectivity index (χ0v) is 16.9. The Morgan fingerprint density at radius 2 is 1.90 bits per heavy atom. The van der Waals surface area contributed by atoms with E-state index in [4.69, 9.17) is 28.9 Å². The van der Waals surface area contributed by atoms with Crippen LogP contribution in [0.2, 0.25) is 10.0 Å². The molecule has 1 heterocycles. The van der Waals surface area contributed by atoms with Gasteiger partial charge in [0.15, 0.2) is 0 Å². The van der Waals surface area contributed by atoms with Crippen molar-refractivity contribution in [3.63, 3.8) is 0 Å². The van der Waals surface area contributed by atoms with Gasteiger partial charge in [-0.1, -0.05) is 35.3 Å². The van der Waals surface area contributed by atoms with E-state index in [-0.39, 0.29) is 11.9 Å². The summed E-state index contributed by atoms with van der Waals surface area (Å²) in [5, 5.41) is 4.80. The summed E-state index contributed by atoms with van der Waals surface area (Å²) in [6, 6.07) is 16.2. The van der Waals surface area contributed by atoms with E-state index < -0.39 is 0 Å². The van der Waals surface area contributed by atoms with Gasteiger partial charge in [0.25, 0.3) is 5.91 Å². The molecule has 0 fully saturated rings. The second-order valence-electron chi connectivity index (χ2n) is 6.60. The minimum Gasteiger partial charge on any atom is -0.368 e. The molecule has 4 aromatic rings. The van der Waals surface area contributed by atoms with Gasteiger partial charge < -0.3 is 11.1 Å². The fourth-order valence-corrected chi connectivity index (χ4v) is 3.51. The number of hydrogen-bond acceptors (Lipinski definition) is 4. The second kappa shape index (κ2) is 7.70. The largest absolute Gasteiger partial charge is 0.368 e. The highest BCUT2D eigenvalue weighted by Crippen LogP contribution is 2.33.